The van der Waals surface area contributed by atoms with Crippen molar-refractivity contribution in [2.75, 3.05) is 45.6 Å². The maximum Gasteiger partial charge on any atom is 0.216 e. The molecule has 0 unspecified atom stereocenters. The topological polar surface area (TPSA) is 74.2 Å². The van der Waals surface area contributed by atoms with E-state index in [1.165, 1.54) is 5.56 Å². The Morgan fingerprint density at radius 1 is 1.36 bits per heavy atom. The third-order valence-corrected chi connectivity index (χ3v) is 6.53. The maximum absolute atomic E-state index is 12.4. The summed E-state index contributed by atoms with van der Waals surface area (Å²) in [5, 5.41) is 7.49. The molecule has 0 bridgehead atoms. The fourth-order valence-corrected chi connectivity index (χ4v) is 4.56. The van der Waals surface area contributed by atoms with E-state index in [-0.39, 0.29) is 18.5 Å². The molecule has 0 aromatic carbocycles. The van der Waals surface area contributed by atoms with E-state index < -0.39 is 10.0 Å². The van der Waals surface area contributed by atoms with Crippen LogP contribution >= 0.6 is 11.3 Å². The quantitative estimate of drug-likeness (QED) is 0.561. The highest BCUT2D eigenvalue weighted by Crippen LogP contribution is 2.10. The highest BCUT2D eigenvalue weighted by molar-refractivity contribution is 7.89. The number of thiophene rings is 1. The molecular weight excluding hydrogens is 360 g/mol. The molecule has 0 saturated carbocycles. The number of aliphatic imine (C=N–C) groups is 1. The third kappa shape index (κ3) is 6.25. The van der Waals surface area contributed by atoms with Gasteiger partial charge in [0.25, 0.3) is 0 Å². The molecule has 1 aliphatic heterocycles. The normalized spacial score (nSPS) is 17.3. The molecule has 2 heterocycles. The summed E-state index contributed by atoms with van der Waals surface area (Å²) in [6.07, 6.45) is 0.0460. The monoisotopic (exact) mass is 388 g/mol. The number of piperazine rings is 1. The third-order valence-electron chi connectivity index (χ3n) is 3.97. The molecule has 1 saturated heterocycles. The lowest BCUT2D eigenvalue weighted by molar-refractivity contribution is 0.0904. The molecule has 142 valence electrons. The molecule has 0 atom stereocenters. The number of rotatable bonds is 7. The summed E-state index contributed by atoms with van der Waals surface area (Å²) in [6, 6.07) is 2.08. The van der Waals surface area contributed by atoms with Crippen LogP contribution in [0.5, 0.6) is 0 Å². The van der Waals surface area contributed by atoms with Crippen LogP contribution in [0.4, 0.5) is 0 Å². The zero-order valence-electron chi connectivity index (χ0n) is 15.1. The highest BCUT2D eigenvalue weighted by atomic mass is 32.2. The molecule has 0 radical (unpaired) electrons. The molecule has 1 aromatic rings. The van der Waals surface area contributed by atoms with Gasteiger partial charge in [-0.05, 0) is 36.2 Å². The van der Waals surface area contributed by atoms with Gasteiger partial charge in [0, 0.05) is 39.8 Å². The number of nitrogens with one attached hydrogen (secondary N) is 1. The van der Waals surface area contributed by atoms with Crippen molar-refractivity contribution in [3.8, 4) is 0 Å². The fraction of sp³-hybridized carbons (Fsp3) is 0.688. The van der Waals surface area contributed by atoms with Crippen molar-refractivity contribution in [3.05, 3.63) is 22.4 Å². The van der Waals surface area contributed by atoms with Gasteiger partial charge in [-0.2, -0.15) is 15.6 Å². The Bertz CT molecular complexity index is 636. The highest BCUT2D eigenvalue weighted by Gasteiger charge is 2.27. The average Bonchev–Trinajstić information content (AvgIpc) is 3.09. The molecule has 1 N–H and O–H groups in total. The number of nitrogens with zero attached hydrogens (tertiary/aromatic N) is 3. The zero-order chi connectivity index (χ0) is 18.3. The van der Waals surface area contributed by atoms with Crippen LogP contribution in [-0.2, 0) is 21.3 Å². The molecular formula is C16H28N4O3S2. The Morgan fingerprint density at radius 2 is 2.08 bits per heavy atom. The van der Waals surface area contributed by atoms with Gasteiger partial charge in [-0.3, -0.25) is 4.99 Å². The second-order valence-corrected chi connectivity index (χ2v) is 9.02. The summed E-state index contributed by atoms with van der Waals surface area (Å²) in [7, 11) is -1.51. The molecule has 1 fully saturated rings. The van der Waals surface area contributed by atoms with Crippen molar-refractivity contribution in [2.45, 2.75) is 26.5 Å². The lowest BCUT2D eigenvalue weighted by Crippen LogP contribution is -2.54. The van der Waals surface area contributed by atoms with E-state index in [0.717, 1.165) is 12.5 Å². The van der Waals surface area contributed by atoms with Crippen LogP contribution in [0, 0.1) is 0 Å². The lowest BCUT2D eigenvalue weighted by Gasteiger charge is -2.35. The smallest absolute Gasteiger partial charge is 0.216 e. The van der Waals surface area contributed by atoms with Crippen LogP contribution in [0.15, 0.2) is 21.8 Å². The second kappa shape index (κ2) is 9.51. The Morgan fingerprint density at radius 3 is 2.64 bits per heavy atom. The average molecular weight is 389 g/mol. The van der Waals surface area contributed by atoms with Crippen LogP contribution in [0.3, 0.4) is 0 Å². The summed E-state index contributed by atoms with van der Waals surface area (Å²) in [5.74, 6) is 0.849. The van der Waals surface area contributed by atoms with Crippen molar-refractivity contribution in [1.29, 1.82) is 0 Å². The first-order valence-corrected chi connectivity index (χ1v) is 11.0. The van der Waals surface area contributed by atoms with Gasteiger partial charge >= 0.3 is 0 Å². The number of sulfonamides is 1. The van der Waals surface area contributed by atoms with Crippen LogP contribution in [-0.4, -0.2) is 75.3 Å². The summed E-state index contributed by atoms with van der Waals surface area (Å²) in [6.45, 7) is 6.99. The van der Waals surface area contributed by atoms with E-state index >= 15 is 0 Å². The van der Waals surface area contributed by atoms with Crippen molar-refractivity contribution in [3.63, 3.8) is 0 Å². The van der Waals surface area contributed by atoms with Crippen LogP contribution in [0.25, 0.3) is 0 Å². The minimum Gasteiger partial charge on any atom is -0.378 e. The molecule has 1 aromatic heterocycles. The van der Waals surface area contributed by atoms with Crippen LogP contribution in [0.2, 0.25) is 0 Å². The summed E-state index contributed by atoms with van der Waals surface area (Å²) < 4.78 is 31.7. The standard InChI is InChI=1S/C16H28N4O3S2/c1-14(2)23-9-11-25(21,22)20-7-5-19(6-8-20)16(17-3)18-12-15-4-10-24-13-15/h4,10,13-14H,5-9,11-12H2,1-3H3,(H,17,18). The first-order chi connectivity index (χ1) is 11.9. The van der Waals surface area contributed by atoms with Crippen molar-refractivity contribution >= 4 is 27.3 Å². The lowest BCUT2D eigenvalue weighted by atomic mass is 10.3. The Hall–Kier alpha value is -1.16. The van der Waals surface area contributed by atoms with Crippen LogP contribution in [0.1, 0.15) is 19.4 Å². The molecule has 9 heteroatoms. The maximum atomic E-state index is 12.4. The van der Waals surface area contributed by atoms with Crippen molar-refractivity contribution in [2.24, 2.45) is 4.99 Å². The van der Waals surface area contributed by atoms with Gasteiger partial charge < -0.3 is 15.0 Å². The Labute approximate surface area is 154 Å². The predicted octanol–water partition coefficient (Wildman–Crippen LogP) is 1.20. The van der Waals surface area contributed by atoms with Gasteiger partial charge in [0.1, 0.15) is 0 Å². The molecule has 1 aliphatic rings. The summed E-state index contributed by atoms with van der Waals surface area (Å²) in [4.78, 5) is 6.41. The first-order valence-electron chi connectivity index (χ1n) is 8.48. The molecule has 25 heavy (non-hydrogen) atoms. The van der Waals surface area contributed by atoms with Crippen LogP contribution < -0.4 is 5.32 Å². The van der Waals surface area contributed by atoms with Gasteiger partial charge in [-0.1, -0.05) is 0 Å². The Kier molecular flexibility index (Phi) is 7.67. The van der Waals surface area contributed by atoms with E-state index in [9.17, 15) is 8.42 Å². The SMILES string of the molecule is CN=C(NCc1ccsc1)N1CCN(S(=O)(=O)CCOC(C)C)CC1. The van der Waals surface area contributed by atoms with Gasteiger partial charge in [0.2, 0.25) is 10.0 Å². The van der Waals surface area contributed by atoms with Gasteiger partial charge in [0.05, 0.1) is 18.5 Å². The molecule has 7 nitrogen and oxygen atoms in total. The first kappa shape index (κ1) is 20.2. The zero-order valence-corrected chi connectivity index (χ0v) is 16.8. The van der Waals surface area contributed by atoms with Gasteiger partial charge in [-0.25, -0.2) is 8.42 Å². The number of ether oxygens (including phenoxy) is 1. The van der Waals surface area contributed by atoms with E-state index in [1.807, 2.05) is 19.2 Å². The largest absolute Gasteiger partial charge is 0.378 e. The van der Waals surface area contributed by atoms with E-state index in [4.69, 9.17) is 4.74 Å². The summed E-state index contributed by atoms with van der Waals surface area (Å²) in [5.41, 5.74) is 1.22. The minimum atomic E-state index is -3.26. The molecule has 0 amide bonds. The number of hydrogen-bond acceptors (Lipinski definition) is 5. The molecule has 2 rings (SSSR count). The second-order valence-electron chi connectivity index (χ2n) is 6.15. The number of hydrogen-bond donors (Lipinski definition) is 1. The molecule has 0 aliphatic carbocycles. The van der Waals surface area contributed by atoms with Gasteiger partial charge in [0.15, 0.2) is 5.96 Å². The van der Waals surface area contributed by atoms with E-state index in [2.05, 4.69) is 26.7 Å². The minimum absolute atomic E-state index is 0.0380. The van der Waals surface area contributed by atoms with E-state index in [1.54, 1.807) is 22.7 Å². The van der Waals surface area contributed by atoms with Crippen molar-refractivity contribution in [1.82, 2.24) is 14.5 Å². The predicted molar refractivity (Wildman–Crippen MR) is 103 cm³/mol. The van der Waals surface area contributed by atoms with Crippen molar-refractivity contribution < 1.29 is 13.2 Å². The van der Waals surface area contributed by atoms with E-state index in [0.29, 0.717) is 26.2 Å². The summed E-state index contributed by atoms with van der Waals surface area (Å²) >= 11 is 1.67. The number of guanidine groups is 1. The molecule has 0 spiro atoms. The Balaban J connectivity index is 1.81. The fourth-order valence-electron chi connectivity index (χ4n) is 2.60. The van der Waals surface area contributed by atoms with Gasteiger partial charge in [-0.15, -0.1) is 0 Å².